The fourth-order valence-corrected chi connectivity index (χ4v) is 1.95. The van der Waals surface area contributed by atoms with Gasteiger partial charge in [0.2, 0.25) is 0 Å². The Kier molecular flexibility index (Phi) is 5.28. The van der Waals surface area contributed by atoms with Gasteiger partial charge in [0, 0.05) is 0 Å². The number of hydrogen-bond acceptors (Lipinski definition) is 6. The lowest BCUT2D eigenvalue weighted by Gasteiger charge is -2.11. The van der Waals surface area contributed by atoms with E-state index in [-0.39, 0.29) is 22.8 Å². The van der Waals surface area contributed by atoms with Crippen molar-refractivity contribution in [1.29, 1.82) is 0 Å². The highest BCUT2D eigenvalue weighted by molar-refractivity contribution is 5.97. The second kappa shape index (κ2) is 7.27. The van der Waals surface area contributed by atoms with E-state index in [4.69, 9.17) is 9.84 Å². The van der Waals surface area contributed by atoms with Gasteiger partial charge in [0.25, 0.3) is 5.69 Å². The molecular formula is C15H10F3N3O6. The number of aryl methyl sites for hydroxylation is 1. The van der Waals surface area contributed by atoms with E-state index in [1.807, 2.05) is 0 Å². The number of hydrogen-bond donors (Lipinski definition) is 2. The number of carbonyl (C=O) groups excluding carboxylic acids is 1. The second-order valence-corrected chi connectivity index (χ2v) is 5.10. The molecule has 0 spiro atoms. The summed E-state index contributed by atoms with van der Waals surface area (Å²) < 4.78 is 42.2. The van der Waals surface area contributed by atoms with Crippen LogP contribution < -0.4 is 10.1 Å². The number of aromatic carboxylic acids is 1. The molecule has 1 heterocycles. The van der Waals surface area contributed by atoms with E-state index in [1.165, 1.54) is 18.4 Å². The number of carboxylic acid groups (broad SMARTS) is 1. The van der Waals surface area contributed by atoms with Crippen LogP contribution in [0.1, 0.15) is 16.1 Å². The number of anilines is 1. The van der Waals surface area contributed by atoms with Gasteiger partial charge in [-0.15, -0.1) is 0 Å². The monoisotopic (exact) mass is 385 g/mol. The van der Waals surface area contributed by atoms with Crippen LogP contribution in [0.15, 0.2) is 30.5 Å². The smallest absolute Gasteiger partial charge is 0.471 e. The highest BCUT2D eigenvalue weighted by atomic mass is 19.4. The molecule has 1 aromatic heterocycles. The summed E-state index contributed by atoms with van der Waals surface area (Å²) in [5, 5.41) is 21.5. The van der Waals surface area contributed by atoms with Crippen LogP contribution in [-0.4, -0.2) is 33.1 Å². The maximum absolute atomic E-state index is 12.3. The number of rotatable bonds is 5. The minimum atomic E-state index is -5.22. The quantitative estimate of drug-likeness (QED) is 0.596. The Bertz CT molecular complexity index is 929. The van der Waals surface area contributed by atoms with Crippen LogP contribution in [0.4, 0.5) is 24.5 Å². The van der Waals surface area contributed by atoms with Crippen LogP contribution in [-0.2, 0) is 4.79 Å². The average molecular weight is 385 g/mol. The zero-order valence-corrected chi connectivity index (χ0v) is 13.4. The first-order valence-corrected chi connectivity index (χ1v) is 7.03. The molecule has 12 heteroatoms. The van der Waals surface area contributed by atoms with E-state index in [0.29, 0.717) is 0 Å². The fourth-order valence-electron chi connectivity index (χ4n) is 1.95. The van der Waals surface area contributed by atoms with E-state index in [1.54, 1.807) is 0 Å². The summed E-state index contributed by atoms with van der Waals surface area (Å²) in [6.45, 7) is 1.45. The van der Waals surface area contributed by atoms with E-state index < -0.39 is 34.4 Å². The van der Waals surface area contributed by atoms with Crippen LogP contribution in [0.2, 0.25) is 0 Å². The molecule has 142 valence electrons. The molecule has 0 fully saturated rings. The van der Waals surface area contributed by atoms with Crippen molar-refractivity contribution in [1.82, 2.24) is 4.98 Å². The van der Waals surface area contributed by atoms with Crippen molar-refractivity contribution in [2.45, 2.75) is 13.1 Å². The van der Waals surface area contributed by atoms with E-state index >= 15 is 0 Å². The molecule has 9 nitrogen and oxygen atoms in total. The molecule has 0 saturated carbocycles. The Morgan fingerprint density at radius 2 is 1.93 bits per heavy atom. The van der Waals surface area contributed by atoms with Crippen molar-refractivity contribution in [3.8, 4) is 11.5 Å². The van der Waals surface area contributed by atoms with Crippen LogP contribution in [0, 0.1) is 17.0 Å². The van der Waals surface area contributed by atoms with Gasteiger partial charge >= 0.3 is 18.1 Å². The first kappa shape index (κ1) is 19.6. The molecule has 27 heavy (non-hydrogen) atoms. The number of amides is 1. The third kappa shape index (κ3) is 4.68. The molecule has 0 bridgehead atoms. The molecule has 0 unspecified atom stereocenters. The van der Waals surface area contributed by atoms with E-state index in [0.717, 1.165) is 24.3 Å². The van der Waals surface area contributed by atoms with Crippen molar-refractivity contribution in [3.63, 3.8) is 0 Å². The number of halogens is 3. The number of carbonyl (C=O) groups is 2. The summed E-state index contributed by atoms with van der Waals surface area (Å²) in [5.41, 5.74) is -1.46. The van der Waals surface area contributed by atoms with Gasteiger partial charge in [0.1, 0.15) is 17.2 Å². The highest BCUT2D eigenvalue weighted by Gasteiger charge is 2.39. The van der Waals surface area contributed by atoms with E-state index in [2.05, 4.69) is 4.98 Å². The Morgan fingerprint density at radius 3 is 2.48 bits per heavy atom. The molecule has 1 amide bonds. The number of nitro groups is 1. The summed E-state index contributed by atoms with van der Waals surface area (Å²) in [5.74, 6) is -3.86. The molecule has 2 aromatic rings. The maximum atomic E-state index is 12.3. The first-order chi connectivity index (χ1) is 12.5. The molecular weight excluding hydrogens is 375 g/mol. The van der Waals surface area contributed by atoms with Gasteiger partial charge in [0.15, 0.2) is 0 Å². The minimum Gasteiger partial charge on any atom is -0.478 e. The van der Waals surface area contributed by atoms with Gasteiger partial charge in [-0.2, -0.15) is 13.2 Å². The van der Waals surface area contributed by atoms with Gasteiger partial charge in [-0.3, -0.25) is 19.9 Å². The van der Waals surface area contributed by atoms with Gasteiger partial charge in [-0.1, -0.05) is 0 Å². The number of nitrogens with zero attached hydrogens (tertiary/aromatic N) is 2. The zero-order chi connectivity index (χ0) is 20.4. The molecule has 2 N–H and O–H groups in total. The summed E-state index contributed by atoms with van der Waals surface area (Å²) in [7, 11) is 0. The fraction of sp³-hybridized carbons (Fsp3) is 0.133. The van der Waals surface area contributed by atoms with E-state index in [9.17, 15) is 32.9 Å². The Morgan fingerprint density at radius 1 is 1.26 bits per heavy atom. The van der Waals surface area contributed by atoms with Crippen molar-refractivity contribution in [3.05, 3.63) is 51.8 Å². The summed E-state index contributed by atoms with van der Waals surface area (Å²) in [6, 6.07) is 3.85. The standard InChI is InChI=1S/C15H10F3N3O6/c1-7-10(13(22)23)4-9(6-19-7)27-8-2-3-11(12(5-8)21(25)26)20-14(24)15(16,17)18/h2-6H,1H3,(H,20,24)(H,22,23). The number of ether oxygens (including phenoxy) is 1. The average Bonchev–Trinajstić information content (AvgIpc) is 2.56. The summed E-state index contributed by atoms with van der Waals surface area (Å²) in [4.78, 5) is 35.9. The molecule has 0 saturated heterocycles. The number of alkyl halides is 3. The molecule has 0 radical (unpaired) electrons. The van der Waals surface area contributed by atoms with Crippen LogP contribution >= 0.6 is 0 Å². The number of aromatic nitrogens is 1. The second-order valence-electron chi connectivity index (χ2n) is 5.10. The van der Waals surface area contributed by atoms with Crippen molar-refractivity contribution < 1.29 is 37.5 Å². The van der Waals surface area contributed by atoms with Crippen molar-refractivity contribution in [2.75, 3.05) is 5.32 Å². The first-order valence-electron chi connectivity index (χ1n) is 7.03. The minimum absolute atomic E-state index is 0.0561. The lowest BCUT2D eigenvalue weighted by Crippen LogP contribution is -2.30. The number of pyridine rings is 1. The van der Waals surface area contributed by atoms with Gasteiger partial charge in [-0.05, 0) is 25.1 Å². The third-order valence-corrected chi connectivity index (χ3v) is 3.20. The van der Waals surface area contributed by atoms with Crippen molar-refractivity contribution in [2.24, 2.45) is 0 Å². The Balaban J connectivity index is 2.33. The van der Waals surface area contributed by atoms with Gasteiger partial charge in [0.05, 0.1) is 28.4 Å². The van der Waals surface area contributed by atoms with Crippen molar-refractivity contribution >= 4 is 23.3 Å². The third-order valence-electron chi connectivity index (χ3n) is 3.20. The highest BCUT2D eigenvalue weighted by Crippen LogP contribution is 2.32. The number of nitro benzene ring substituents is 1. The van der Waals surface area contributed by atoms with Crippen LogP contribution in [0.5, 0.6) is 11.5 Å². The molecule has 0 aliphatic heterocycles. The number of carboxylic acids is 1. The molecule has 0 aliphatic rings. The predicted molar refractivity (Wildman–Crippen MR) is 83.8 cm³/mol. The van der Waals surface area contributed by atoms with Crippen LogP contribution in [0.25, 0.3) is 0 Å². The predicted octanol–water partition coefficient (Wildman–Crippen LogP) is 3.29. The molecule has 0 atom stereocenters. The molecule has 2 rings (SSSR count). The maximum Gasteiger partial charge on any atom is 0.471 e. The lowest BCUT2D eigenvalue weighted by molar-refractivity contribution is -0.384. The Labute approximate surface area is 148 Å². The topological polar surface area (TPSA) is 132 Å². The van der Waals surface area contributed by atoms with Gasteiger partial charge in [-0.25, -0.2) is 4.79 Å². The zero-order valence-electron chi connectivity index (χ0n) is 13.4. The van der Waals surface area contributed by atoms with Gasteiger partial charge < -0.3 is 15.2 Å². The largest absolute Gasteiger partial charge is 0.478 e. The molecule has 1 aromatic carbocycles. The summed E-state index contributed by atoms with van der Waals surface area (Å²) >= 11 is 0. The number of nitrogens with one attached hydrogen (secondary N) is 1. The normalized spacial score (nSPS) is 11.0. The Hall–Kier alpha value is -3.70. The summed E-state index contributed by atoms with van der Waals surface area (Å²) in [6.07, 6.45) is -4.04. The van der Waals surface area contributed by atoms with Crippen LogP contribution in [0.3, 0.4) is 0 Å². The number of benzene rings is 1. The SMILES string of the molecule is Cc1ncc(Oc2ccc(NC(=O)C(F)(F)F)c([N+](=O)[O-])c2)cc1C(=O)O. The molecule has 0 aliphatic carbocycles. The lowest BCUT2D eigenvalue weighted by atomic mass is 10.2.